The lowest BCUT2D eigenvalue weighted by Gasteiger charge is -2.26. The van der Waals surface area contributed by atoms with Crippen LogP contribution in [0.3, 0.4) is 0 Å². The highest BCUT2D eigenvalue weighted by molar-refractivity contribution is 7.79. The molecule has 12 heteroatoms. The molecule has 0 aromatic carbocycles. The van der Waals surface area contributed by atoms with E-state index in [4.69, 9.17) is 35.2 Å². The number of hydrogen-bond acceptors (Lipinski definition) is 8. The summed E-state index contributed by atoms with van der Waals surface area (Å²) in [6.07, 6.45) is 0. The molecular formula is C8H28N2O8SSi. The zero-order valence-corrected chi connectivity index (χ0v) is 14.3. The summed E-state index contributed by atoms with van der Waals surface area (Å²) in [5.41, 5.74) is 0. The van der Waals surface area contributed by atoms with Crippen LogP contribution in [0.15, 0.2) is 0 Å². The maximum absolute atomic E-state index is 8.74. The zero-order valence-electron chi connectivity index (χ0n) is 12.5. The van der Waals surface area contributed by atoms with Gasteiger partial charge in [-0.3, -0.25) is 9.11 Å². The molecule has 0 aliphatic heterocycles. The van der Waals surface area contributed by atoms with Gasteiger partial charge in [0, 0.05) is 26.4 Å². The van der Waals surface area contributed by atoms with E-state index < -0.39 is 19.4 Å². The van der Waals surface area contributed by atoms with E-state index in [1.54, 1.807) is 0 Å². The maximum atomic E-state index is 8.74. The van der Waals surface area contributed by atoms with Crippen LogP contribution in [-0.4, -0.2) is 53.0 Å². The molecule has 0 radical (unpaired) electrons. The van der Waals surface area contributed by atoms with E-state index in [9.17, 15) is 0 Å². The summed E-state index contributed by atoms with van der Waals surface area (Å²) < 4.78 is 53.3. The Hall–Kier alpha value is -0.153. The van der Waals surface area contributed by atoms with Crippen molar-refractivity contribution in [1.29, 1.82) is 0 Å². The normalized spacial score (nSPS) is 10.7. The van der Waals surface area contributed by atoms with Crippen LogP contribution in [0, 0.1) is 0 Å². The highest BCUT2D eigenvalue weighted by Gasteiger charge is 2.44. The lowest BCUT2D eigenvalue weighted by atomic mass is 10.9. The molecule has 0 atom stereocenters. The van der Waals surface area contributed by atoms with Crippen molar-refractivity contribution in [3.63, 3.8) is 0 Å². The molecule has 0 rings (SSSR count). The smallest absolute Gasteiger partial charge is 0.351 e. The fourth-order valence-electron chi connectivity index (χ4n) is 0.957. The maximum Gasteiger partial charge on any atom is 0.679 e. The summed E-state index contributed by atoms with van der Waals surface area (Å²) in [4.78, 5) is 0. The van der Waals surface area contributed by atoms with Gasteiger partial charge in [-0.15, -0.1) is 0 Å². The van der Waals surface area contributed by atoms with Gasteiger partial charge in [-0.1, -0.05) is 0 Å². The molecule has 0 amide bonds. The van der Waals surface area contributed by atoms with Gasteiger partial charge in [-0.2, -0.15) is 8.42 Å². The molecule has 0 aromatic heterocycles. The third-order valence-electron chi connectivity index (χ3n) is 1.28. The molecule has 0 spiro atoms. The Morgan fingerprint density at radius 3 is 1.00 bits per heavy atom. The predicted molar refractivity (Wildman–Crippen MR) is 76.5 cm³/mol. The quantitative estimate of drug-likeness (QED) is 0.370. The van der Waals surface area contributed by atoms with E-state index in [0.29, 0.717) is 26.4 Å². The second-order valence-electron chi connectivity index (χ2n) is 2.68. The van der Waals surface area contributed by atoms with E-state index in [0.717, 1.165) is 0 Å². The molecule has 0 fully saturated rings. The standard InChI is InChI=1S/C8H20O4Si.2H3N.H2O4S/c1-5-9-13(10-6-2,11-7-3)12-8-4;;;1-5(2,3)4/h5-8H2,1-4H3;2*1H3;(H2,1,2,3,4). The molecule has 0 heterocycles. The van der Waals surface area contributed by atoms with E-state index >= 15 is 0 Å². The Kier molecular flexibility index (Phi) is 21.4. The fraction of sp³-hybridized carbons (Fsp3) is 1.00. The average molecular weight is 340 g/mol. The average Bonchev–Trinajstić information content (AvgIpc) is 2.16. The highest BCUT2D eigenvalue weighted by atomic mass is 32.3. The molecule has 0 aliphatic carbocycles. The van der Waals surface area contributed by atoms with Crippen molar-refractivity contribution in [3.05, 3.63) is 0 Å². The molecule has 0 unspecified atom stereocenters. The Balaban J connectivity index is -0.000000158. The van der Waals surface area contributed by atoms with Gasteiger partial charge in [0.2, 0.25) is 0 Å². The van der Waals surface area contributed by atoms with Crippen molar-refractivity contribution in [2.24, 2.45) is 0 Å². The topological polar surface area (TPSA) is 182 Å². The van der Waals surface area contributed by atoms with Gasteiger partial charge in [-0.05, 0) is 27.7 Å². The second-order valence-corrected chi connectivity index (χ2v) is 5.73. The summed E-state index contributed by atoms with van der Waals surface area (Å²) >= 11 is 0. The Morgan fingerprint density at radius 2 is 0.900 bits per heavy atom. The minimum absolute atomic E-state index is 0. The fourth-order valence-corrected chi connectivity index (χ4v) is 2.87. The molecule has 10 nitrogen and oxygen atoms in total. The summed E-state index contributed by atoms with van der Waals surface area (Å²) in [7, 11) is -7.46. The van der Waals surface area contributed by atoms with E-state index in [-0.39, 0.29) is 12.3 Å². The molecule has 0 bridgehead atoms. The number of hydrogen-bond donors (Lipinski definition) is 4. The summed E-state index contributed by atoms with van der Waals surface area (Å²) in [6, 6.07) is 0. The molecule has 8 N–H and O–H groups in total. The largest absolute Gasteiger partial charge is 0.679 e. The Bertz CT molecular complexity index is 253. The predicted octanol–water partition coefficient (Wildman–Crippen LogP) is 1.24. The van der Waals surface area contributed by atoms with E-state index in [2.05, 4.69) is 0 Å². The van der Waals surface area contributed by atoms with Crippen LogP contribution in [0.5, 0.6) is 0 Å². The van der Waals surface area contributed by atoms with Crippen LogP contribution in [0.1, 0.15) is 27.7 Å². The van der Waals surface area contributed by atoms with Gasteiger partial charge in [0.1, 0.15) is 0 Å². The van der Waals surface area contributed by atoms with Crippen molar-refractivity contribution < 1.29 is 35.2 Å². The van der Waals surface area contributed by atoms with Crippen molar-refractivity contribution >= 4 is 19.4 Å². The minimum Gasteiger partial charge on any atom is -0.351 e. The van der Waals surface area contributed by atoms with Gasteiger partial charge in [0.05, 0.1) is 0 Å². The van der Waals surface area contributed by atoms with Crippen LogP contribution in [0.25, 0.3) is 0 Å². The first-order valence-electron chi connectivity index (χ1n) is 5.50. The molecule has 0 aromatic rings. The van der Waals surface area contributed by atoms with Crippen LogP contribution in [0.4, 0.5) is 0 Å². The Morgan fingerprint density at radius 1 is 0.750 bits per heavy atom. The van der Waals surface area contributed by atoms with Crippen molar-refractivity contribution in [2.75, 3.05) is 26.4 Å². The molecule has 0 saturated heterocycles. The SMILES string of the molecule is CCO[Si](OCC)(OCC)OCC.N.N.O=S(=O)(O)O. The van der Waals surface area contributed by atoms with E-state index in [1.807, 2.05) is 27.7 Å². The lowest BCUT2D eigenvalue weighted by Crippen LogP contribution is -2.49. The molecular weight excluding hydrogens is 312 g/mol. The van der Waals surface area contributed by atoms with Gasteiger partial charge < -0.3 is 30.0 Å². The lowest BCUT2D eigenvalue weighted by molar-refractivity contribution is -0.0247. The van der Waals surface area contributed by atoms with Gasteiger partial charge in [0.15, 0.2) is 0 Å². The summed E-state index contributed by atoms with van der Waals surface area (Å²) in [5.74, 6) is 0. The number of rotatable bonds is 8. The monoisotopic (exact) mass is 340 g/mol. The molecule has 0 aliphatic rings. The second kappa shape index (κ2) is 15.2. The van der Waals surface area contributed by atoms with Gasteiger partial charge in [-0.25, -0.2) is 0 Å². The zero-order chi connectivity index (χ0) is 14.7. The molecule has 20 heavy (non-hydrogen) atoms. The van der Waals surface area contributed by atoms with Crippen molar-refractivity contribution in [3.8, 4) is 0 Å². The summed E-state index contributed by atoms with van der Waals surface area (Å²) in [5, 5.41) is 0. The molecule has 0 saturated carbocycles. The van der Waals surface area contributed by atoms with E-state index in [1.165, 1.54) is 0 Å². The van der Waals surface area contributed by atoms with Gasteiger partial charge in [0.25, 0.3) is 0 Å². The third kappa shape index (κ3) is 20.2. The first-order chi connectivity index (χ1) is 8.24. The van der Waals surface area contributed by atoms with Crippen LogP contribution < -0.4 is 12.3 Å². The Labute approximate surface area is 122 Å². The third-order valence-corrected chi connectivity index (χ3v) is 3.85. The van der Waals surface area contributed by atoms with Crippen LogP contribution in [0.2, 0.25) is 0 Å². The van der Waals surface area contributed by atoms with Crippen LogP contribution >= 0.6 is 0 Å². The molecule has 128 valence electrons. The highest BCUT2D eigenvalue weighted by Crippen LogP contribution is 2.11. The van der Waals surface area contributed by atoms with Crippen LogP contribution in [-0.2, 0) is 28.1 Å². The first kappa shape index (κ1) is 28.1. The van der Waals surface area contributed by atoms with Crippen molar-refractivity contribution in [2.45, 2.75) is 27.7 Å². The minimum atomic E-state index is -4.67. The van der Waals surface area contributed by atoms with Gasteiger partial charge >= 0.3 is 19.4 Å². The first-order valence-corrected chi connectivity index (χ1v) is 8.53. The van der Waals surface area contributed by atoms with Crippen molar-refractivity contribution in [1.82, 2.24) is 12.3 Å². The summed E-state index contributed by atoms with van der Waals surface area (Å²) in [6.45, 7) is 9.80.